The lowest BCUT2D eigenvalue weighted by molar-refractivity contribution is 0.0385. The molecule has 0 saturated heterocycles. The summed E-state index contributed by atoms with van der Waals surface area (Å²) >= 11 is 0. The van der Waals surface area contributed by atoms with Crippen molar-refractivity contribution in [2.75, 3.05) is 13.6 Å². The fraction of sp³-hybridized carbons (Fsp3) is 1.00. The number of hydrogen-bond acceptors (Lipinski definition) is 5. The molecule has 0 aliphatic rings. The summed E-state index contributed by atoms with van der Waals surface area (Å²) in [5.41, 5.74) is 0. The Bertz CT molecular complexity index is 43.7. The minimum Gasteiger partial charge on any atom is -0.370 e. The molecule has 0 bridgehead atoms. The first-order valence-corrected chi connectivity index (χ1v) is 2.91. The summed E-state index contributed by atoms with van der Waals surface area (Å²) in [5.74, 6) is 0. The van der Waals surface area contributed by atoms with Crippen molar-refractivity contribution in [3.63, 3.8) is 0 Å². The summed E-state index contributed by atoms with van der Waals surface area (Å²) in [5, 5.41) is 15.9. The molecular formula is C2H7O5P. The van der Waals surface area contributed by atoms with Crippen LogP contribution in [0.3, 0.4) is 0 Å². The van der Waals surface area contributed by atoms with E-state index < -0.39 is 22.2 Å². The van der Waals surface area contributed by atoms with E-state index in [4.69, 9.17) is 15.1 Å². The van der Waals surface area contributed by atoms with E-state index in [2.05, 4.69) is 9.05 Å². The van der Waals surface area contributed by atoms with Gasteiger partial charge in [-0.25, -0.2) is 0 Å². The quantitative estimate of drug-likeness (QED) is 0.351. The molecule has 0 aromatic carbocycles. The van der Waals surface area contributed by atoms with Crippen LogP contribution >= 0.6 is 8.60 Å². The largest absolute Gasteiger partial charge is 0.370 e. The Balaban J connectivity index is 2.92. The van der Waals surface area contributed by atoms with Crippen molar-refractivity contribution in [3.05, 3.63) is 0 Å². The van der Waals surface area contributed by atoms with E-state index in [1.165, 1.54) is 0 Å². The first-order valence-electron chi connectivity index (χ1n) is 1.77. The molecule has 0 atom stereocenters. The third-order valence-corrected chi connectivity index (χ3v) is 1.01. The Kier molecular flexibility index (Phi) is 5.52. The van der Waals surface area contributed by atoms with Gasteiger partial charge in [0.1, 0.15) is 0 Å². The van der Waals surface area contributed by atoms with Crippen molar-refractivity contribution in [1.82, 2.24) is 0 Å². The highest BCUT2D eigenvalue weighted by Crippen LogP contribution is 2.30. The molecule has 8 heavy (non-hydrogen) atoms. The summed E-state index contributed by atoms with van der Waals surface area (Å²) < 4.78 is 8.15. The zero-order valence-corrected chi connectivity index (χ0v) is 4.91. The average Bonchev–Trinajstić information content (AvgIpc) is 1.68. The molecule has 0 fully saturated rings. The lowest BCUT2D eigenvalue weighted by atomic mass is 11.6. The number of rotatable bonds is 4. The van der Waals surface area contributed by atoms with Crippen molar-refractivity contribution in [2.45, 2.75) is 0 Å². The predicted octanol–water partition coefficient (Wildman–Crippen LogP) is -0.862. The predicted molar refractivity (Wildman–Crippen MR) is 25.5 cm³/mol. The molecule has 0 aromatic rings. The van der Waals surface area contributed by atoms with Gasteiger partial charge in [-0.2, -0.15) is 0 Å². The molecular weight excluding hydrogens is 135 g/mol. The fourth-order valence-electron chi connectivity index (χ4n) is 0.136. The number of hydrogen-bond donors (Lipinski definition) is 3. The highest BCUT2D eigenvalue weighted by Gasteiger charge is 2.01. The first kappa shape index (κ1) is 8.23. The summed E-state index contributed by atoms with van der Waals surface area (Å²) in [6.07, 6.45) is 0. The average molecular weight is 142 g/mol. The zero-order chi connectivity index (χ0) is 6.41. The standard InChI is InChI=1S/C2H7O5P/c3-1-6-8(5)7-2-4/h3-5H,1-2H2. The van der Waals surface area contributed by atoms with Crippen LogP contribution < -0.4 is 0 Å². The van der Waals surface area contributed by atoms with Crippen LogP contribution in [0.2, 0.25) is 0 Å². The normalized spacial score (nSPS) is 10.5. The van der Waals surface area contributed by atoms with Crippen LogP contribution in [-0.4, -0.2) is 28.7 Å². The lowest BCUT2D eigenvalue weighted by Gasteiger charge is -2.03. The second-order valence-corrected chi connectivity index (χ2v) is 1.75. The lowest BCUT2D eigenvalue weighted by Crippen LogP contribution is -1.91. The van der Waals surface area contributed by atoms with Gasteiger partial charge in [-0.1, -0.05) is 0 Å². The van der Waals surface area contributed by atoms with Crippen LogP contribution in [0.15, 0.2) is 0 Å². The molecule has 0 rings (SSSR count). The van der Waals surface area contributed by atoms with Gasteiger partial charge in [-0.15, -0.1) is 0 Å². The van der Waals surface area contributed by atoms with Crippen molar-refractivity contribution in [2.24, 2.45) is 0 Å². The van der Waals surface area contributed by atoms with Crippen LogP contribution in [0.5, 0.6) is 0 Å². The Labute approximate surface area is 47.5 Å². The van der Waals surface area contributed by atoms with Gasteiger partial charge in [-0.05, 0) is 0 Å². The molecule has 0 heterocycles. The maximum absolute atomic E-state index is 8.35. The fourth-order valence-corrected chi connectivity index (χ4v) is 0.408. The van der Waals surface area contributed by atoms with Crippen LogP contribution in [-0.2, 0) is 9.05 Å². The summed E-state index contributed by atoms with van der Waals surface area (Å²) in [7, 11) is -2.08. The van der Waals surface area contributed by atoms with Gasteiger partial charge in [0.2, 0.25) is 0 Å². The first-order chi connectivity index (χ1) is 3.81. The van der Waals surface area contributed by atoms with E-state index in [1.54, 1.807) is 0 Å². The smallest absolute Gasteiger partial charge is 0.334 e. The van der Waals surface area contributed by atoms with Gasteiger partial charge in [0.15, 0.2) is 13.6 Å². The highest BCUT2D eigenvalue weighted by molar-refractivity contribution is 7.40. The molecule has 0 radical (unpaired) electrons. The number of aliphatic hydroxyl groups is 2. The minimum absolute atomic E-state index is 0.609. The molecule has 50 valence electrons. The SMILES string of the molecule is OCOP(O)OCO. The van der Waals surface area contributed by atoms with Crippen LogP contribution in [0.4, 0.5) is 0 Å². The zero-order valence-electron chi connectivity index (χ0n) is 4.02. The van der Waals surface area contributed by atoms with Gasteiger partial charge in [-0.3, -0.25) is 9.05 Å². The van der Waals surface area contributed by atoms with E-state index in [-0.39, 0.29) is 0 Å². The van der Waals surface area contributed by atoms with E-state index in [1.807, 2.05) is 0 Å². The Morgan fingerprint density at radius 3 is 1.75 bits per heavy atom. The maximum Gasteiger partial charge on any atom is 0.334 e. The Hall–Kier alpha value is 0.230. The minimum atomic E-state index is -2.08. The van der Waals surface area contributed by atoms with Gasteiger partial charge in [0, 0.05) is 0 Å². The topological polar surface area (TPSA) is 79.2 Å². The molecule has 0 aliphatic heterocycles. The van der Waals surface area contributed by atoms with Crippen molar-refractivity contribution in [3.8, 4) is 0 Å². The second kappa shape index (κ2) is 5.37. The van der Waals surface area contributed by atoms with Crippen LogP contribution in [0.1, 0.15) is 0 Å². The van der Waals surface area contributed by atoms with E-state index in [0.717, 1.165) is 0 Å². The summed E-state index contributed by atoms with van der Waals surface area (Å²) in [6, 6.07) is 0. The molecule has 0 amide bonds. The maximum atomic E-state index is 8.35. The van der Waals surface area contributed by atoms with Crippen molar-refractivity contribution >= 4 is 8.60 Å². The van der Waals surface area contributed by atoms with Crippen LogP contribution in [0, 0.1) is 0 Å². The van der Waals surface area contributed by atoms with Gasteiger partial charge in [0.25, 0.3) is 0 Å². The van der Waals surface area contributed by atoms with E-state index >= 15 is 0 Å². The van der Waals surface area contributed by atoms with Gasteiger partial charge >= 0.3 is 8.60 Å². The molecule has 0 spiro atoms. The molecule has 5 nitrogen and oxygen atoms in total. The van der Waals surface area contributed by atoms with Crippen molar-refractivity contribution in [1.29, 1.82) is 0 Å². The highest BCUT2D eigenvalue weighted by atomic mass is 31.2. The van der Waals surface area contributed by atoms with Crippen LogP contribution in [0.25, 0.3) is 0 Å². The molecule has 0 saturated carbocycles. The molecule has 0 aliphatic carbocycles. The third-order valence-electron chi connectivity index (χ3n) is 0.336. The van der Waals surface area contributed by atoms with Crippen molar-refractivity contribution < 1.29 is 24.2 Å². The van der Waals surface area contributed by atoms with Gasteiger partial charge in [0.05, 0.1) is 0 Å². The molecule has 6 heteroatoms. The summed E-state index contributed by atoms with van der Waals surface area (Å²) in [4.78, 5) is 8.35. The molecule has 0 aromatic heterocycles. The third kappa shape index (κ3) is 4.39. The van der Waals surface area contributed by atoms with Gasteiger partial charge < -0.3 is 15.1 Å². The summed E-state index contributed by atoms with van der Waals surface area (Å²) in [6.45, 7) is -1.22. The Morgan fingerprint density at radius 2 is 1.50 bits per heavy atom. The molecule has 0 unspecified atom stereocenters. The number of aliphatic hydroxyl groups excluding tert-OH is 2. The van der Waals surface area contributed by atoms with E-state index in [9.17, 15) is 0 Å². The van der Waals surface area contributed by atoms with E-state index in [0.29, 0.717) is 0 Å². The monoisotopic (exact) mass is 142 g/mol. The Morgan fingerprint density at radius 1 is 1.12 bits per heavy atom. The molecule has 3 N–H and O–H groups in total. The second-order valence-electron chi connectivity index (χ2n) is 0.754.